The van der Waals surface area contributed by atoms with Gasteiger partial charge in [0.25, 0.3) is 0 Å². The summed E-state index contributed by atoms with van der Waals surface area (Å²) in [4.78, 5) is 2.45. The van der Waals surface area contributed by atoms with E-state index in [-0.39, 0.29) is 0 Å². The first-order valence-corrected chi connectivity index (χ1v) is 5.22. The molecular formula is C10H19N3O. The summed E-state index contributed by atoms with van der Waals surface area (Å²) in [6.07, 6.45) is 3.25. The van der Waals surface area contributed by atoms with Crippen LogP contribution in [0.1, 0.15) is 6.42 Å². The average molecular weight is 197 g/mol. The molecule has 0 amide bonds. The molecule has 0 aliphatic carbocycles. The van der Waals surface area contributed by atoms with Crippen molar-refractivity contribution in [2.45, 2.75) is 18.6 Å². The molecule has 2 rings (SSSR count). The molecule has 2 saturated heterocycles. The summed E-state index contributed by atoms with van der Waals surface area (Å²) in [6, 6.07) is 0.574. The molecule has 80 valence electrons. The number of methoxy groups -OCH3 is 1. The molecule has 0 aromatic rings. The maximum atomic E-state index is 5.47. The van der Waals surface area contributed by atoms with E-state index in [2.05, 4.69) is 10.2 Å². The van der Waals surface area contributed by atoms with Gasteiger partial charge in [-0.15, -0.1) is 0 Å². The second-order valence-electron chi connectivity index (χ2n) is 4.06. The first-order chi connectivity index (χ1) is 6.85. The Hall–Kier alpha value is -0.580. The van der Waals surface area contributed by atoms with E-state index in [4.69, 9.17) is 10.5 Å². The van der Waals surface area contributed by atoms with Crippen molar-refractivity contribution in [2.24, 2.45) is 5.73 Å². The highest BCUT2D eigenvalue weighted by Gasteiger charge is 2.34. The van der Waals surface area contributed by atoms with Crippen molar-refractivity contribution in [3.8, 4) is 0 Å². The molecule has 2 atom stereocenters. The Bertz CT molecular complexity index is 221. The van der Waals surface area contributed by atoms with Gasteiger partial charge >= 0.3 is 0 Å². The predicted octanol–water partition coefficient (Wildman–Crippen LogP) is -0.478. The van der Waals surface area contributed by atoms with Crippen LogP contribution in [0.3, 0.4) is 0 Å². The van der Waals surface area contributed by atoms with Gasteiger partial charge in [-0.2, -0.15) is 0 Å². The largest absolute Gasteiger partial charge is 0.405 e. The van der Waals surface area contributed by atoms with E-state index < -0.39 is 0 Å². The third kappa shape index (κ3) is 1.78. The van der Waals surface area contributed by atoms with Crippen LogP contribution < -0.4 is 11.1 Å². The molecule has 0 spiro atoms. The Morgan fingerprint density at radius 2 is 2.36 bits per heavy atom. The van der Waals surface area contributed by atoms with Crippen LogP contribution in [0.4, 0.5) is 0 Å². The molecule has 3 N–H and O–H groups in total. The standard InChI is InChI=1S/C10H19N3O/c1-14-10-5-12-3-2-9(10)13-6-8(4-11)7-13/h4,9-10,12H,2-3,5-7,11H2,1H3/t9-,10+/m1/s1. The van der Waals surface area contributed by atoms with Gasteiger partial charge in [0.2, 0.25) is 0 Å². The fraction of sp³-hybridized carbons (Fsp3) is 0.800. The zero-order valence-electron chi connectivity index (χ0n) is 8.70. The number of rotatable bonds is 2. The maximum absolute atomic E-state index is 5.47. The van der Waals surface area contributed by atoms with Crippen molar-refractivity contribution >= 4 is 0 Å². The van der Waals surface area contributed by atoms with Gasteiger partial charge in [-0.3, -0.25) is 4.90 Å². The first-order valence-electron chi connectivity index (χ1n) is 5.22. The van der Waals surface area contributed by atoms with Crippen LogP contribution in [0.15, 0.2) is 11.8 Å². The van der Waals surface area contributed by atoms with E-state index >= 15 is 0 Å². The number of nitrogens with zero attached hydrogens (tertiary/aromatic N) is 1. The lowest BCUT2D eigenvalue weighted by atomic mass is 9.96. The zero-order chi connectivity index (χ0) is 9.97. The lowest BCUT2D eigenvalue weighted by Gasteiger charge is -2.45. The summed E-state index contributed by atoms with van der Waals surface area (Å²) in [5, 5.41) is 3.35. The molecule has 0 saturated carbocycles. The van der Waals surface area contributed by atoms with Crippen molar-refractivity contribution in [1.29, 1.82) is 0 Å². The second kappa shape index (κ2) is 4.29. The molecule has 0 bridgehead atoms. The second-order valence-corrected chi connectivity index (χ2v) is 4.06. The predicted molar refractivity (Wildman–Crippen MR) is 55.9 cm³/mol. The van der Waals surface area contributed by atoms with Crippen LogP contribution in [-0.4, -0.2) is 50.3 Å². The van der Waals surface area contributed by atoms with Gasteiger partial charge in [0, 0.05) is 32.8 Å². The highest BCUT2D eigenvalue weighted by atomic mass is 16.5. The minimum absolute atomic E-state index is 0.336. The topological polar surface area (TPSA) is 50.5 Å². The molecule has 0 aromatic carbocycles. The summed E-state index contributed by atoms with van der Waals surface area (Å²) < 4.78 is 5.47. The number of nitrogens with one attached hydrogen (secondary N) is 1. The van der Waals surface area contributed by atoms with Crippen LogP contribution in [0.25, 0.3) is 0 Å². The van der Waals surface area contributed by atoms with Crippen molar-refractivity contribution in [3.05, 3.63) is 11.8 Å². The third-order valence-electron chi connectivity index (χ3n) is 3.21. The fourth-order valence-electron chi connectivity index (χ4n) is 2.29. The average Bonchev–Trinajstić information content (AvgIpc) is 2.17. The maximum Gasteiger partial charge on any atom is 0.0851 e. The van der Waals surface area contributed by atoms with E-state index in [0.717, 1.165) is 26.2 Å². The molecule has 2 aliphatic heterocycles. The van der Waals surface area contributed by atoms with E-state index in [1.807, 2.05) is 0 Å². The quantitative estimate of drug-likeness (QED) is 0.628. The van der Waals surface area contributed by atoms with Gasteiger partial charge in [0.1, 0.15) is 0 Å². The van der Waals surface area contributed by atoms with E-state index in [1.54, 1.807) is 13.3 Å². The fourth-order valence-corrected chi connectivity index (χ4v) is 2.29. The molecular weight excluding hydrogens is 178 g/mol. The normalized spacial score (nSPS) is 33.9. The summed E-state index contributed by atoms with van der Waals surface area (Å²) >= 11 is 0. The van der Waals surface area contributed by atoms with E-state index in [0.29, 0.717) is 12.1 Å². The van der Waals surface area contributed by atoms with Crippen LogP contribution >= 0.6 is 0 Å². The molecule has 0 aromatic heterocycles. The van der Waals surface area contributed by atoms with Gasteiger partial charge in [-0.05, 0) is 24.7 Å². The van der Waals surface area contributed by atoms with Crippen LogP contribution in [-0.2, 0) is 4.74 Å². The zero-order valence-corrected chi connectivity index (χ0v) is 8.70. The molecule has 4 heteroatoms. The molecule has 0 radical (unpaired) electrons. The van der Waals surface area contributed by atoms with Gasteiger partial charge in [0.15, 0.2) is 0 Å². The van der Waals surface area contributed by atoms with Gasteiger partial charge in [-0.1, -0.05) is 0 Å². The smallest absolute Gasteiger partial charge is 0.0851 e. The number of likely N-dealkylation sites (tertiary alicyclic amines) is 1. The van der Waals surface area contributed by atoms with E-state index in [1.165, 1.54) is 12.0 Å². The van der Waals surface area contributed by atoms with Crippen LogP contribution in [0.2, 0.25) is 0 Å². The third-order valence-corrected chi connectivity index (χ3v) is 3.21. The number of ether oxygens (including phenoxy) is 1. The Balaban J connectivity index is 1.89. The van der Waals surface area contributed by atoms with Crippen molar-refractivity contribution in [3.63, 3.8) is 0 Å². The SMILES string of the molecule is CO[C@H]1CNCC[C@H]1N1CC(=CN)C1. The van der Waals surface area contributed by atoms with Crippen LogP contribution in [0, 0.1) is 0 Å². The van der Waals surface area contributed by atoms with Crippen LogP contribution in [0.5, 0.6) is 0 Å². The summed E-state index contributed by atoms with van der Waals surface area (Å²) in [5.41, 5.74) is 6.81. The lowest BCUT2D eigenvalue weighted by molar-refractivity contribution is -0.00962. The van der Waals surface area contributed by atoms with Gasteiger partial charge in [-0.25, -0.2) is 0 Å². The number of hydrogen-bond acceptors (Lipinski definition) is 4. The Kier molecular flexibility index (Phi) is 3.05. The molecule has 2 aliphatic rings. The van der Waals surface area contributed by atoms with E-state index in [9.17, 15) is 0 Å². The highest BCUT2D eigenvalue weighted by molar-refractivity contribution is 5.15. The molecule has 4 nitrogen and oxygen atoms in total. The Labute approximate surface area is 85.1 Å². The van der Waals surface area contributed by atoms with Gasteiger partial charge < -0.3 is 15.8 Å². The molecule has 14 heavy (non-hydrogen) atoms. The molecule has 2 fully saturated rings. The Morgan fingerprint density at radius 1 is 1.57 bits per heavy atom. The minimum Gasteiger partial charge on any atom is -0.405 e. The lowest BCUT2D eigenvalue weighted by Crippen LogP contribution is -2.58. The van der Waals surface area contributed by atoms with Crippen molar-refractivity contribution in [2.75, 3.05) is 33.3 Å². The monoisotopic (exact) mass is 197 g/mol. The first kappa shape index (κ1) is 9.96. The molecule has 2 heterocycles. The van der Waals surface area contributed by atoms with Crippen molar-refractivity contribution < 1.29 is 4.74 Å². The summed E-state index contributed by atoms with van der Waals surface area (Å²) in [6.45, 7) is 4.13. The Morgan fingerprint density at radius 3 is 3.00 bits per heavy atom. The number of hydrogen-bond donors (Lipinski definition) is 2. The van der Waals surface area contributed by atoms with Crippen molar-refractivity contribution in [1.82, 2.24) is 10.2 Å². The summed E-state index contributed by atoms with van der Waals surface area (Å²) in [5.74, 6) is 0. The number of nitrogens with two attached hydrogens (primary N) is 1. The minimum atomic E-state index is 0.336. The highest BCUT2D eigenvalue weighted by Crippen LogP contribution is 2.23. The molecule has 0 unspecified atom stereocenters. The summed E-state index contributed by atoms with van der Waals surface area (Å²) in [7, 11) is 1.80. The number of piperidine rings is 1. The van der Waals surface area contributed by atoms with Gasteiger partial charge in [0.05, 0.1) is 6.10 Å².